The molecule has 1 atom stereocenters. The molecule has 1 aromatic heterocycles. The molecule has 2 aliphatic rings. The number of likely N-dealkylation sites (tertiary alicyclic amines) is 1. The first-order valence-electron chi connectivity index (χ1n) is 10.1. The molecule has 0 radical (unpaired) electrons. The predicted molar refractivity (Wildman–Crippen MR) is 108 cm³/mol. The van der Waals surface area contributed by atoms with E-state index in [2.05, 4.69) is 9.97 Å². The van der Waals surface area contributed by atoms with Gasteiger partial charge >= 0.3 is 0 Å². The number of carbonyl (C=O) groups is 1. The molecule has 0 unspecified atom stereocenters. The van der Waals surface area contributed by atoms with Gasteiger partial charge in [-0.2, -0.15) is 4.31 Å². The Labute approximate surface area is 171 Å². The summed E-state index contributed by atoms with van der Waals surface area (Å²) in [6.45, 7) is 4.62. The van der Waals surface area contributed by atoms with Gasteiger partial charge in [0.15, 0.2) is 0 Å². The summed E-state index contributed by atoms with van der Waals surface area (Å²) in [5, 5.41) is -0.530. The standard InChI is InChI=1S/C19H30N4O5S/c1-13(2)29(26,27)22-10-7-14-15(12-22)20-18(21-19(14)25)16-6-4-5-9-23(16)17(24)8-11-28-3/h13,16H,4-12H2,1-3H3,(H,20,21,25)/t16-/m1/s1. The van der Waals surface area contributed by atoms with Crippen LogP contribution in [-0.4, -0.2) is 65.6 Å². The van der Waals surface area contributed by atoms with E-state index in [9.17, 15) is 18.0 Å². The number of methoxy groups -OCH3 is 1. The van der Waals surface area contributed by atoms with E-state index < -0.39 is 15.3 Å². The number of carbonyl (C=O) groups excluding carboxylic acids is 1. The molecule has 3 heterocycles. The summed E-state index contributed by atoms with van der Waals surface area (Å²) in [5.74, 6) is 0.420. The third kappa shape index (κ3) is 4.54. The Balaban J connectivity index is 1.91. The maximum atomic E-state index is 12.7. The number of piperidine rings is 1. The Morgan fingerprint density at radius 1 is 1.31 bits per heavy atom. The van der Waals surface area contributed by atoms with Crippen molar-refractivity contribution in [1.82, 2.24) is 19.2 Å². The van der Waals surface area contributed by atoms with Gasteiger partial charge in [-0.15, -0.1) is 0 Å². The minimum atomic E-state index is -3.43. The average Bonchev–Trinajstić information content (AvgIpc) is 2.71. The fraction of sp³-hybridized carbons (Fsp3) is 0.737. The predicted octanol–water partition coefficient (Wildman–Crippen LogP) is 0.956. The Bertz CT molecular complexity index is 912. The lowest BCUT2D eigenvalue weighted by atomic mass is 10.00. The average molecular weight is 427 g/mol. The van der Waals surface area contributed by atoms with E-state index in [1.807, 2.05) is 0 Å². The molecule has 10 heteroatoms. The topological polar surface area (TPSA) is 113 Å². The van der Waals surface area contributed by atoms with E-state index in [-0.39, 0.29) is 37.0 Å². The number of hydrogen-bond acceptors (Lipinski definition) is 6. The molecule has 0 bridgehead atoms. The van der Waals surface area contributed by atoms with E-state index in [4.69, 9.17) is 4.74 Å². The molecule has 29 heavy (non-hydrogen) atoms. The van der Waals surface area contributed by atoms with Crippen LogP contribution in [0.1, 0.15) is 62.7 Å². The van der Waals surface area contributed by atoms with Crippen molar-refractivity contribution in [1.29, 1.82) is 0 Å². The molecule has 0 aromatic carbocycles. The highest BCUT2D eigenvalue weighted by molar-refractivity contribution is 7.89. The number of fused-ring (bicyclic) bond motifs is 1. The van der Waals surface area contributed by atoms with Gasteiger partial charge in [0.1, 0.15) is 5.82 Å². The van der Waals surface area contributed by atoms with Crippen LogP contribution in [0.25, 0.3) is 0 Å². The number of H-pyrrole nitrogens is 1. The van der Waals surface area contributed by atoms with Crippen LogP contribution < -0.4 is 5.56 Å². The smallest absolute Gasteiger partial charge is 0.254 e. The zero-order valence-electron chi connectivity index (χ0n) is 17.3. The Kier molecular flexibility index (Phi) is 6.75. The fourth-order valence-corrected chi connectivity index (χ4v) is 5.20. The van der Waals surface area contributed by atoms with Gasteiger partial charge in [-0.25, -0.2) is 13.4 Å². The largest absolute Gasteiger partial charge is 0.384 e. The van der Waals surface area contributed by atoms with Crippen molar-refractivity contribution in [3.05, 3.63) is 27.4 Å². The van der Waals surface area contributed by atoms with Crippen molar-refractivity contribution in [3.8, 4) is 0 Å². The molecule has 1 aromatic rings. The molecule has 1 amide bonds. The first-order chi connectivity index (χ1) is 13.8. The lowest BCUT2D eigenvalue weighted by molar-refractivity contribution is -0.136. The third-order valence-corrected chi connectivity index (χ3v) is 7.89. The quantitative estimate of drug-likeness (QED) is 0.725. The molecule has 162 valence electrons. The van der Waals surface area contributed by atoms with E-state index in [1.54, 1.807) is 25.9 Å². The van der Waals surface area contributed by atoms with Gasteiger partial charge in [-0.1, -0.05) is 0 Å². The van der Waals surface area contributed by atoms with Crippen molar-refractivity contribution in [3.63, 3.8) is 0 Å². The number of ether oxygens (including phenoxy) is 1. The van der Waals surface area contributed by atoms with Gasteiger partial charge in [0.25, 0.3) is 5.56 Å². The third-order valence-electron chi connectivity index (χ3n) is 5.67. The fourth-order valence-electron chi connectivity index (χ4n) is 3.96. The summed E-state index contributed by atoms with van der Waals surface area (Å²) in [4.78, 5) is 34.6. The number of nitrogens with zero attached hydrogens (tertiary/aromatic N) is 3. The summed E-state index contributed by atoms with van der Waals surface area (Å²) in [6.07, 6.45) is 3.18. The molecule has 0 spiro atoms. The molecule has 3 rings (SSSR count). The minimum Gasteiger partial charge on any atom is -0.384 e. The van der Waals surface area contributed by atoms with Crippen LogP contribution in [0.4, 0.5) is 0 Å². The minimum absolute atomic E-state index is 0.0269. The van der Waals surface area contributed by atoms with Crippen molar-refractivity contribution in [2.75, 3.05) is 26.8 Å². The number of nitrogens with one attached hydrogen (secondary N) is 1. The molecule has 0 aliphatic carbocycles. The molecular formula is C19H30N4O5S. The lowest BCUT2D eigenvalue weighted by Gasteiger charge is -2.36. The van der Waals surface area contributed by atoms with Crippen LogP contribution in [0.2, 0.25) is 0 Å². The lowest BCUT2D eigenvalue weighted by Crippen LogP contribution is -2.44. The summed E-state index contributed by atoms with van der Waals surface area (Å²) in [7, 11) is -1.87. The van der Waals surface area contributed by atoms with Gasteiger partial charge in [0.2, 0.25) is 15.9 Å². The number of hydrogen-bond donors (Lipinski definition) is 1. The van der Waals surface area contributed by atoms with E-state index >= 15 is 0 Å². The molecule has 9 nitrogen and oxygen atoms in total. The molecule has 0 saturated carbocycles. The van der Waals surface area contributed by atoms with E-state index in [0.717, 1.165) is 12.8 Å². The van der Waals surface area contributed by atoms with Crippen LogP contribution in [0.3, 0.4) is 0 Å². The first kappa shape index (κ1) is 21.9. The van der Waals surface area contributed by atoms with Crippen molar-refractivity contribution in [2.45, 2.75) is 63.8 Å². The maximum absolute atomic E-state index is 12.7. The van der Waals surface area contributed by atoms with Gasteiger partial charge in [-0.05, 0) is 39.5 Å². The van der Waals surface area contributed by atoms with Gasteiger partial charge in [-0.3, -0.25) is 9.59 Å². The van der Waals surface area contributed by atoms with Crippen molar-refractivity contribution in [2.24, 2.45) is 0 Å². The molecular weight excluding hydrogens is 396 g/mol. The number of rotatable bonds is 6. The highest BCUT2D eigenvalue weighted by Crippen LogP contribution is 2.30. The SMILES string of the molecule is COCCC(=O)N1CCCC[C@@H]1c1nc2c(c(=O)[nH]1)CCN(S(=O)(=O)C(C)C)C2. The van der Waals surface area contributed by atoms with Gasteiger partial charge in [0.05, 0.1) is 36.6 Å². The number of aromatic nitrogens is 2. The van der Waals surface area contributed by atoms with Crippen LogP contribution in [-0.2, 0) is 32.5 Å². The zero-order chi connectivity index (χ0) is 21.2. The van der Waals surface area contributed by atoms with Crippen LogP contribution >= 0.6 is 0 Å². The number of aromatic amines is 1. The first-order valence-corrected chi connectivity index (χ1v) is 11.6. The van der Waals surface area contributed by atoms with Crippen LogP contribution in [0, 0.1) is 0 Å². The second-order valence-electron chi connectivity index (χ2n) is 7.90. The van der Waals surface area contributed by atoms with Crippen LogP contribution in [0.5, 0.6) is 0 Å². The second kappa shape index (κ2) is 8.93. The Morgan fingerprint density at radius 2 is 2.07 bits per heavy atom. The van der Waals surface area contributed by atoms with E-state index in [0.29, 0.717) is 43.1 Å². The van der Waals surface area contributed by atoms with Crippen molar-refractivity contribution < 1.29 is 17.9 Å². The molecule has 1 saturated heterocycles. The number of sulfonamides is 1. The summed E-state index contributed by atoms with van der Waals surface area (Å²) >= 11 is 0. The van der Waals surface area contributed by atoms with Crippen molar-refractivity contribution >= 4 is 15.9 Å². The highest BCUT2D eigenvalue weighted by atomic mass is 32.2. The summed E-state index contributed by atoms with van der Waals surface area (Å²) < 4.78 is 31.5. The summed E-state index contributed by atoms with van der Waals surface area (Å²) in [6, 6.07) is -0.303. The number of amides is 1. The Morgan fingerprint density at radius 3 is 2.76 bits per heavy atom. The van der Waals surface area contributed by atoms with E-state index in [1.165, 1.54) is 4.31 Å². The monoisotopic (exact) mass is 426 g/mol. The normalized spacial score (nSPS) is 20.7. The summed E-state index contributed by atoms with van der Waals surface area (Å²) in [5.41, 5.74) is 0.799. The molecule has 2 aliphatic heterocycles. The highest BCUT2D eigenvalue weighted by Gasteiger charge is 2.34. The maximum Gasteiger partial charge on any atom is 0.254 e. The van der Waals surface area contributed by atoms with Gasteiger partial charge < -0.3 is 14.6 Å². The second-order valence-corrected chi connectivity index (χ2v) is 10.4. The van der Waals surface area contributed by atoms with Gasteiger partial charge in [0, 0.05) is 25.8 Å². The molecule has 1 N–H and O–H groups in total. The Hall–Kier alpha value is -1.78. The zero-order valence-corrected chi connectivity index (χ0v) is 18.1. The van der Waals surface area contributed by atoms with Crippen LogP contribution in [0.15, 0.2) is 4.79 Å². The molecule has 1 fully saturated rings.